The molecule has 6 heteroatoms. The Kier molecular flexibility index (Phi) is 4.49. The van der Waals surface area contributed by atoms with Crippen molar-refractivity contribution in [1.82, 2.24) is 9.97 Å². The number of benzene rings is 1. The molecule has 128 valence electrons. The second-order valence-electron chi connectivity index (χ2n) is 5.93. The van der Waals surface area contributed by atoms with Gasteiger partial charge >= 0.3 is 6.18 Å². The second-order valence-corrected chi connectivity index (χ2v) is 5.93. The SMILES string of the molecule is Cc1nccc2c(C(CCC#N)c3ccc(C(F)(F)F)cc3)c[nH]c12. The molecular weight excluding hydrogens is 327 g/mol. The van der Waals surface area contributed by atoms with Crippen molar-refractivity contribution in [2.45, 2.75) is 31.9 Å². The number of nitriles is 1. The normalized spacial score (nSPS) is 12.9. The Hall–Kier alpha value is -2.81. The highest BCUT2D eigenvalue weighted by atomic mass is 19.4. The predicted molar refractivity (Wildman–Crippen MR) is 89.0 cm³/mol. The van der Waals surface area contributed by atoms with Crippen molar-refractivity contribution in [1.29, 1.82) is 5.26 Å². The fourth-order valence-corrected chi connectivity index (χ4v) is 3.12. The van der Waals surface area contributed by atoms with Crippen LogP contribution in [0, 0.1) is 18.3 Å². The highest BCUT2D eigenvalue weighted by Crippen LogP contribution is 2.36. The Morgan fingerprint density at radius 1 is 1.20 bits per heavy atom. The molecule has 1 aromatic carbocycles. The van der Waals surface area contributed by atoms with Crippen LogP contribution in [0.15, 0.2) is 42.7 Å². The van der Waals surface area contributed by atoms with E-state index in [2.05, 4.69) is 16.0 Å². The minimum absolute atomic E-state index is 0.155. The first-order chi connectivity index (χ1) is 11.9. The minimum atomic E-state index is -4.36. The number of aromatic amines is 1. The summed E-state index contributed by atoms with van der Waals surface area (Å²) in [4.78, 5) is 7.44. The molecule has 1 N–H and O–H groups in total. The van der Waals surface area contributed by atoms with E-state index in [9.17, 15) is 13.2 Å². The van der Waals surface area contributed by atoms with Crippen LogP contribution in [-0.2, 0) is 6.18 Å². The van der Waals surface area contributed by atoms with E-state index in [-0.39, 0.29) is 5.92 Å². The summed E-state index contributed by atoms with van der Waals surface area (Å²) >= 11 is 0. The lowest BCUT2D eigenvalue weighted by Gasteiger charge is -2.17. The average molecular weight is 343 g/mol. The molecule has 0 saturated carbocycles. The van der Waals surface area contributed by atoms with Crippen molar-refractivity contribution < 1.29 is 13.2 Å². The van der Waals surface area contributed by atoms with Gasteiger partial charge in [0.15, 0.2) is 0 Å². The number of nitrogens with zero attached hydrogens (tertiary/aromatic N) is 2. The average Bonchev–Trinajstić information content (AvgIpc) is 3.00. The molecule has 0 aliphatic carbocycles. The molecular formula is C19H16F3N3. The Morgan fingerprint density at radius 2 is 1.92 bits per heavy atom. The number of H-pyrrole nitrogens is 1. The zero-order chi connectivity index (χ0) is 18.0. The van der Waals surface area contributed by atoms with Gasteiger partial charge in [-0.2, -0.15) is 18.4 Å². The molecule has 0 aliphatic heterocycles. The molecule has 0 radical (unpaired) electrons. The molecule has 0 fully saturated rings. The third-order valence-corrected chi connectivity index (χ3v) is 4.38. The summed E-state index contributed by atoms with van der Waals surface area (Å²) in [7, 11) is 0. The van der Waals surface area contributed by atoms with Gasteiger partial charge in [0.1, 0.15) is 0 Å². The minimum Gasteiger partial charge on any atom is -0.359 e. The van der Waals surface area contributed by atoms with Crippen molar-refractivity contribution >= 4 is 10.9 Å². The van der Waals surface area contributed by atoms with Gasteiger partial charge in [0.05, 0.1) is 22.8 Å². The molecule has 2 aromatic heterocycles. The Bertz CT molecular complexity index is 918. The van der Waals surface area contributed by atoms with E-state index >= 15 is 0 Å². The van der Waals surface area contributed by atoms with Crippen molar-refractivity contribution in [2.75, 3.05) is 0 Å². The number of hydrogen-bond acceptors (Lipinski definition) is 2. The molecule has 2 heterocycles. The molecule has 0 saturated heterocycles. The molecule has 1 atom stereocenters. The monoisotopic (exact) mass is 343 g/mol. The summed E-state index contributed by atoms with van der Waals surface area (Å²) in [5, 5.41) is 9.93. The zero-order valence-corrected chi connectivity index (χ0v) is 13.6. The largest absolute Gasteiger partial charge is 0.416 e. The quantitative estimate of drug-likeness (QED) is 0.696. The van der Waals surface area contributed by atoms with E-state index in [1.54, 1.807) is 6.20 Å². The van der Waals surface area contributed by atoms with Gasteiger partial charge < -0.3 is 4.98 Å². The van der Waals surface area contributed by atoms with Crippen molar-refractivity contribution in [3.63, 3.8) is 0 Å². The van der Waals surface area contributed by atoms with Crippen LogP contribution in [0.25, 0.3) is 10.9 Å². The van der Waals surface area contributed by atoms with Crippen LogP contribution >= 0.6 is 0 Å². The summed E-state index contributed by atoms with van der Waals surface area (Å²) in [6, 6.07) is 9.19. The fourth-order valence-electron chi connectivity index (χ4n) is 3.12. The third kappa shape index (κ3) is 3.36. The Labute approximate surface area is 143 Å². The maximum atomic E-state index is 12.8. The topological polar surface area (TPSA) is 52.5 Å². The number of aromatic nitrogens is 2. The van der Waals surface area contributed by atoms with E-state index in [4.69, 9.17) is 5.26 Å². The predicted octanol–water partition coefficient (Wildman–Crippen LogP) is 5.33. The Morgan fingerprint density at radius 3 is 2.56 bits per heavy atom. The van der Waals surface area contributed by atoms with Gasteiger partial charge in [0.25, 0.3) is 0 Å². The van der Waals surface area contributed by atoms with Crippen LogP contribution in [0.3, 0.4) is 0 Å². The van der Waals surface area contributed by atoms with Gasteiger partial charge in [-0.15, -0.1) is 0 Å². The van der Waals surface area contributed by atoms with E-state index < -0.39 is 11.7 Å². The molecule has 1 unspecified atom stereocenters. The van der Waals surface area contributed by atoms with Gasteiger partial charge in [-0.05, 0) is 42.7 Å². The van der Waals surface area contributed by atoms with Crippen molar-refractivity contribution in [3.8, 4) is 6.07 Å². The molecule has 0 amide bonds. The summed E-state index contributed by atoms with van der Waals surface area (Å²) < 4.78 is 38.4. The highest BCUT2D eigenvalue weighted by Gasteiger charge is 2.30. The van der Waals surface area contributed by atoms with Gasteiger partial charge in [-0.3, -0.25) is 4.98 Å². The number of fused-ring (bicyclic) bond motifs is 1. The molecule has 0 aliphatic rings. The van der Waals surface area contributed by atoms with Crippen LogP contribution in [0.1, 0.15) is 41.1 Å². The van der Waals surface area contributed by atoms with E-state index in [0.29, 0.717) is 12.8 Å². The summed E-state index contributed by atoms with van der Waals surface area (Å²) in [5.41, 5.74) is 2.82. The first-order valence-corrected chi connectivity index (χ1v) is 7.88. The van der Waals surface area contributed by atoms with E-state index in [0.717, 1.165) is 39.9 Å². The van der Waals surface area contributed by atoms with Gasteiger partial charge in [-0.25, -0.2) is 0 Å². The molecule has 3 rings (SSSR count). The molecule has 0 spiro atoms. The first-order valence-electron chi connectivity index (χ1n) is 7.88. The van der Waals surface area contributed by atoms with Gasteiger partial charge in [0.2, 0.25) is 0 Å². The zero-order valence-electron chi connectivity index (χ0n) is 13.6. The number of nitrogens with one attached hydrogen (secondary N) is 1. The molecule has 3 aromatic rings. The number of halogens is 3. The first kappa shape index (κ1) is 17.0. The lowest BCUT2D eigenvalue weighted by molar-refractivity contribution is -0.137. The van der Waals surface area contributed by atoms with Crippen LogP contribution in [0.2, 0.25) is 0 Å². The number of pyridine rings is 1. The summed E-state index contributed by atoms with van der Waals surface area (Å²) in [5.74, 6) is -0.155. The molecule has 25 heavy (non-hydrogen) atoms. The number of aryl methyl sites for hydroxylation is 1. The van der Waals surface area contributed by atoms with Crippen LogP contribution in [0.5, 0.6) is 0 Å². The van der Waals surface area contributed by atoms with Crippen LogP contribution < -0.4 is 0 Å². The highest BCUT2D eigenvalue weighted by molar-refractivity contribution is 5.85. The van der Waals surface area contributed by atoms with Crippen molar-refractivity contribution in [2.24, 2.45) is 0 Å². The third-order valence-electron chi connectivity index (χ3n) is 4.38. The number of alkyl halides is 3. The van der Waals surface area contributed by atoms with Crippen LogP contribution in [-0.4, -0.2) is 9.97 Å². The fraction of sp³-hybridized carbons (Fsp3) is 0.263. The lowest BCUT2D eigenvalue weighted by Crippen LogP contribution is -2.06. The number of hydrogen-bond donors (Lipinski definition) is 1. The lowest BCUT2D eigenvalue weighted by atomic mass is 9.87. The van der Waals surface area contributed by atoms with Gasteiger partial charge in [-0.1, -0.05) is 12.1 Å². The maximum absolute atomic E-state index is 12.8. The Balaban J connectivity index is 2.05. The van der Waals surface area contributed by atoms with E-state index in [1.807, 2.05) is 19.2 Å². The van der Waals surface area contributed by atoms with Crippen LogP contribution in [0.4, 0.5) is 13.2 Å². The standard InChI is InChI=1S/C19H16F3N3/c1-12-18-16(8-10-24-12)17(11-25-18)15(3-2-9-23)13-4-6-14(7-5-13)19(20,21)22/h4-8,10-11,15,25H,2-3H2,1H3. The van der Waals surface area contributed by atoms with E-state index in [1.165, 1.54) is 12.1 Å². The van der Waals surface area contributed by atoms with Crippen molar-refractivity contribution in [3.05, 3.63) is 65.1 Å². The number of rotatable bonds is 4. The maximum Gasteiger partial charge on any atom is 0.416 e. The summed E-state index contributed by atoms with van der Waals surface area (Å²) in [6.07, 6.45) is 0.0744. The summed E-state index contributed by atoms with van der Waals surface area (Å²) in [6.45, 7) is 1.89. The van der Waals surface area contributed by atoms with Gasteiger partial charge in [0, 0.05) is 30.1 Å². The smallest absolute Gasteiger partial charge is 0.359 e. The molecule has 3 nitrogen and oxygen atoms in total. The molecule has 0 bridgehead atoms. The second kappa shape index (κ2) is 6.60.